The van der Waals surface area contributed by atoms with Crippen LogP contribution >= 0.6 is 11.6 Å². The Kier molecular flexibility index (Phi) is 2.90. The van der Waals surface area contributed by atoms with E-state index in [0.717, 1.165) is 0 Å². The molecule has 0 aliphatic carbocycles. The molecule has 1 atom stereocenters. The van der Waals surface area contributed by atoms with Gasteiger partial charge in [-0.15, -0.1) is 0 Å². The molecule has 2 rings (SSSR count). The van der Waals surface area contributed by atoms with Gasteiger partial charge in [-0.25, -0.2) is 8.78 Å². The van der Waals surface area contributed by atoms with Gasteiger partial charge in [0.25, 0.3) is 5.92 Å². The first-order chi connectivity index (χ1) is 7.39. The van der Waals surface area contributed by atoms with Gasteiger partial charge in [0.15, 0.2) is 0 Å². The molecule has 1 aliphatic heterocycles. The molecule has 0 amide bonds. The lowest BCUT2D eigenvalue weighted by molar-refractivity contribution is -0.0262. The topological polar surface area (TPSA) is 43.4 Å². The van der Waals surface area contributed by atoms with E-state index in [-0.39, 0.29) is 23.0 Å². The van der Waals surface area contributed by atoms with Gasteiger partial charge in [0, 0.05) is 10.6 Å². The standard InChI is InChI=1S/C9H8ClF2NO2S/c10-7-3-6(1-2-8(7)16(14)15)13-4-9(11,12)5-13/h1-3H,4-5H2,(H,14,15)/p-1. The Morgan fingerprint density at radius 2 is 2.06 bits per heavy atom. The first-order valence-corrected chi connectivity index (χ1v) is 5.86. The average molecular weight is 267 g/mol. The largest absolute Gasteiger partial charge is 0.768 e. The minimum atomic E-state index is -2.66. The van der Waals surface area contributed by atoms with Crippen LogP contribution in [0.4, 0.5) is 14.5 Å². The first kappa shape index (κ1) is 11.8. The van der Waals surface area contributed by atoms with Gasteiger partial charge in [0.05, 0.1) is 18.1 Å². The van der Waals surface area contributed by atoms with Crippen molar-refractivity contribution in [3.63, 3.8) is 0 Å². The van der Waals surface area contributed by atoms with E-state index in [9.17, 15) is 17.5 Å². The molecule has 88 valence electrons. The third kappa shape index (κ3) is 2.18. The maximum Gasteiger partial charge on any atom is 0.282 e. The molecular weight excluding hydrogens is 260 g/mol. The van der Waals surface area contributed by atoms with Crippen LogP contribution in [0.25, 0.3) is 0 Å². The third-order valence-corrected chi connectivity index (χ3v) is 3.44. The van der Waals surface area contributed by atoms with Crippen LogP contribution in [0.2, 0.25) is 5.02 Å². The molecule has 0 saturated carbocycles. The van der Waals surface area contributed by atoms with Gasteiger partial charge in [-0.1, -0.05) is 11.6 Å². The summed E-state index contributed by atoms with van der Waals surface area (Å²) < 4.78 is 46.6. The molecule has 1 saturated heterocycles. The fraction of sp³-hybridized carbons (Fsp3) is 0.333. The van der Waals surface area contributed by atoms with Crippen molar-refractivity contribution in [3.8, 4) is 0 Å². The van der Waals surface area contributed by atoms with Gasteiger partial charge in [-0.2, -0.15) is 0 Å². The highest BCUT2D eigenvalue weighted by atomic mass is 35.5. The maximum absolute atomic E-state index is 12.6. The van der Waals surface area contributed by atoms with Crippen LogP contribution in [0, 0.1) is 0 Å². The van der Waals surface area contributed by atoms with E-state index in [1.165, 1.54) is 23.1 Å². The van der Waals surface area contributed by atoms with Gasteiger partial charge in [-0.05, 0) is 29.3 Å². The number of anilines is 1. The van der Waals surface area contributed by atoms with E-state index < -0.39 is 17.0 Å². The molecule has 1 aromatic rings. The van der Waals surface area contributed by atoms with E-state index in [0.29, 0.717) is 5.69 Å². The van der Waals surface area contributed by atoms with E-state index in [2.05, 4.69) is 0 Å². The zero-order valence-electron chi connectivity index (χ0n) is 7.95. The van der Waals surface area contributed by atoms with Crippen LogP contribution in [0.15, 0.2) is 23.1 Å². The summed E-state index contributed by atoms with van der Waals surface area (Å²) in [6, 6.07) is 4.14. The van der Waals surface area contributed by atoms with Crippen LogP contribution in [-0.4, -0.2) is 27.8 Å². The quantitative estimate of drug-likeness (QED) is 0.770. The average Bonchev–Trinajstić information content (AvgIpc) is 2.13. The Morgan fingerprint density at radius 3 is 2.50 bits per heavy atom. The summed E-state index contributed by atoms with van der Waals surface area (Å²) in [5.41, 5.74) is 0.505. The fourth-order valence-corrected chi connectivity index (χ4v) is 2.28. The number of hydrogen-bond acceptors (Lipinski definition) is 3. The van der Waals surface area contributed by atoms with E-state index >= 15 is 0 Å². The van der Waals surface area contributed by atoms with E-state index in [1.54, 1.807) is 0 Å². The molecule has 7 heteroatoms. The molecule has 1 aromatic carbocycles. The van der Waals surface area contributed by atoms with Crippen LogP contribution < -0.4 is 4.90 Å². The van der Waals surface area contributed by atoms with Gasteiger partial charge in [0.1, 0.15) is 0 Å². The van der Waals surface area contributed by atoms with Gasteiger partial charge in [0.2, 0.25) is 0 Å². The Hall–Kier alpha value is -0.720. The molecule has 1 heterocycles. The van der Waals surface area contributed by atoms with Gasteiger partial charge >= 0.3 is 0 Å². The summed E-state index contributed by atoms with van der Waals surface area (Å²) in [6.45, 7) is -0.716. The number of hydrogen-bond donors (Lipinski definition) is 0. The number of nitrogens with zero attached hydrogens (tertiary/aromatic N) is 1. The third-order valence-electron chi connectivity index (χ3n) is 2.30. The summed E-state index contributed by atoms with van der Waals surface area (Å²) in [5, 5.41) is 0.0426. The minimum absolute atomic E-state index is 0.0299. The number of rotatable bonds is 2. The Bertz CT molecular complexity index is 447. The molecule has 1 unspecified atom stereocenters. The second-order valence-electron chi connectivity index (χ2n) is 3.56. The number of benzene rings is 1. The van der Waals surface area contributed by atoms with Crippen molar-refractivity contribution >= 4 is 28.4 Å². The van der Waals surface area contributed by atoms with Gasteiger partial charge in [-0.3, -0.25) is 4.21 Å². The van der Waals surface area contributed by atoms with E-state index in [4.69, 9.17) is 11.6 Å². The molecule has 16 heavy (non-hydrogen) atoms. The molecular formula is C9H7ClF2NO2S-. The maximum atomic E-state index is 12.6. The van der Waals surface area contributed by atoms with Crippen LogP contribution in [0.5, 0.6) is 0 Å². The van der Waals surface area contributed by atoms with Crippen molar-refractivity contribution < 1.29 is 17.5 Å². The van der Waals surface area contributed by atoms with Crippen LogP contribution in [0.1, 0.15) is 0 Å². The lowest BCUT2D eigenvalue weighted by Crippen LogP contribution is -2.56. The molecule has 0 aromatic heterocycles. The molecule has 0 bridgehead atoms. The zero-order valence-corrected chi connectivity index (χ0v) is 9.52. The lowest BCUT2D eigenvalue weighted by Gasteiger charge is -2.40. The highest BCUT2D eigenvalue weighted by Crippen LogP contribution is 2.34. The predicted octanol–water partition coefficient (Wildman–Crippen LogP) is 2.03. The molecule has 0 N–H and O–H groups in total. The molecule has 3 nitrogen and oxygen atoms in total. The summed E-state index contributed by atoms with van der Waals surface area (Å²) in [4.78, 5) is 1.40. The van der Waals surface area contributed by atoms with Crippen molar-refractivity contribution in [1.82, 2.24) is 0 Å². The second kappa shape index (κ2) is 3.94. The Balaban J connectivity index is 2.20. The van der Waals surface area contributed by atoms with Crippen molar-refractivity contribution in [2.24, 2.45) is 0 Å². The fourth-order valence-electron chi connectivity index (χ4n) is 1.52. The summed E-state index contributed by atoms with van der Waals surface area (Å²) in [6.07, 6.45) is 0. The highest BCUT2D eigenvalue weighted by molar-refractivity contribution is 7.79. The van der Waals surface area contributed by atoms with Crippen molar-refractivity contribution in [1.29, 1.82) is 0 Å². The Labute approximate surface area is 98.3 Å². The normalized spacial score (nSPS) is 20.4. The second-order valence-corrected chi connectivity index (χ2v) is 4.88. The minimum Gasteiger partial charge on any atom is -0.768 e. The number of halogens is 3. The SMILES string of the molecule is O=S([O-])c1ccc(N2CC(F)(F)C2)cc1Cl. The monoisotopic (exact) mass is 266 g/mol. The highest BCUT2D eigenvalue weighted by Gasteiger charge is 2.43. The summed E-state index contributed by atoms with van der Waals surface area (Å²) in [7, 11) is 0. The molecule has 0 spiro atoms. The van der Waals surface area contributed by atoms with Crippen molar-refractivity contribution in [2.45, 2.75) is 10.8 Å². The van der Waals surface area contributed by atoms with Crippen LogP contribution in [-0.2, 0) is 11.1 Å². The van der Waals surface area contributed by atoms with Gasteiger partial charge < -0.3 is 9.45 Å². The summed E-state index contributed by atoms with van der Waals surface area (Å²) in [5.74, 6) is -2.66. The summed E-state index contributed by atoms with van der Waals surface area (Å²) >= 11 is 3.30. The van der Waals surface area contributed by atoms with Crippen molar-refractivity contribution in [3.05, 3.63) is 23.2 Å². The zero-order chi connectivity index (χ0) is 11.9. The lowest BCUT2D eigenvalue weighted by atomic mass is 10.1. The molecule has 1 fully saturated rings. The van der Waals surface area contributed by atoms with Crippen molar-refractivity contribution in [2.75, 3.05) is 18.0 Å². The number of alkyl halides is 2. The first-order valence-electron chi connectivity index (χ1n) is 4.41. The Morgan fingerprint density at radius 1 is 1.44 bits per heavy atom. The van der Waals surface area contributed by atoms with E-state index in [1.807, 2.05) is 0 Å². The molecule has 0 radical (unpaired) electrons. The molecule has 1 aliphatic rings. The van der Waals surface area contributed by atoms with Crippen LogP contribution in [0.3, 0.4) is 0 Å². The predicted molar refractivity (Wildman–Crippen MR) is 55.8 cm³/mol. The smallest absolute Gasteiger partial charge is 0.282 e.